The Morgan fingerprint density at radius 2 is 2.00 bits per heavy atom. The van der Waals surface area contributed by atoms with Gasteiger partial charge in [0, 0.05) is 11.1 Å². The lowest BCUT2D eigenvalue weighted by Crippen LogP contribution is -2.28. The Bertz CT molecular complexity index is 388. The third-order valence-electron chi connectivity index (χ3n) is 3.04. The molecule has 1 N–H and O–H groups in total. The summed E-state index contributed by atoms with van der Waals surface area (Å²) in [7, 11) is 0. The Morgan fingerprint density at radius 3 is 2.56 bits per heavy atom. The van der Waals surface area contributed by atoms with Gasteiger partial charge in [-0.2, -0.15) is 0 Å². The SMILES string of the molecule is CC(C)NCCC(C)(C)Cc1ccc(Cl)cc1F. The van der Waals surface area contributed by atoms with Crippen molar-refractivity contribution < 1.29 is 4.39 Å². The highest BCUT2D eigenvalue weighted by atomic mass is 35.5. The maximum atomic E-state index is 13.7. The average molecular weight is 272 g/mol. The van der Waals surface area contributed by atoms with Crippen LogP contribution in [0.3, 0.4) is 0 Å². The van der Waals surface area contributed by atoms with Crippen LogP contribution >= 0.6 is 11.6 Å². The Kier molecular flexibility index (Phi) is 5.61. The van der Waals surface area contributed by atoms with Gasteiger partial charge in [-0.05, 0) is 42.5 Å². The van der Waals surface area contributed by atoms with Gasteiger partial charge in [-0.1, -0.05) is 45.4 Å². The van der Waals surface area contributed by atoms with E-state index in [1.165, 1.54) is 6.07 Å². The van der Waals surface area contributed by atoms with Crippen LogP contribution in [0.4, 0.5) is 4.39 Å². The van der Waals surface area contributed by atoms with Crippen LogP contribution in [0.25, 0.3) is 0 Å². The second-order valence-corrected chi connectivity index (χ2v) is 6.37. The quantitative estimate of drug-likeness (QED) is 0.807. The minimum absolute atomic E-state index is 0.0799. The summed E-state index contributed by atoms with van der Waals surface area (Å²) >= 11 is 5.76. The van der Waals surface area contributed by atoms with Gasteiger partial charge in [0.1, 0.15) is 5.82 Å². The van der Waals surface area contributed by atoms with Crippen LogP contribution < -0.4 is 5.32 Å². The van der Waals surface area contributed by atoms with Crippen molar-refractivity contribution >= 4 is 11.6 Å². The van der Waals surface area contributed by atoms with Crippen molar-refractivity contribution in [3.8, 4) is 0 Å². The molecule has 1 nitrogen and oxygen atoms in total. The molecule has 0 aliphatic rings. The first-order valence-electron chi connectivity index (χ1n) is 6.47. The van der Waals surface area contributed by atoms with Crippen LogP contribution in [-0.2, 0) is 6.42 Å². The first kappa shape index (κ1) is 15.5. The molecular weight excluding hydrogens is 249 g/mol. The Hall–Kier alpha value is -0.600. The summed E-state index contributed by atoms with van der Waals surface area (Å²) in [6, 6.07) is 5.42. The first-order valence-corrected chi connectivity index (χ1v) is 6.85. The summed E-state index contributed by atoms with van der Waals surface area (Å²) in [6.07, 6.45) is 1.75. The molecule has 1 aromatic rings. The smallest absolute Gasteiger partial charge is 0.127 e. The van der Waals surface area contributed by atoms with Crippen LogP contribution in [0.5, 0.6) is 0 Å². The van der Waals surface area contributed by atoms with E-state index in [0.29, 0.717) is 11.1 Å². The van der Waals surface area contributed by atoms with E-state index in [1.807, 2.05) is 0 Å². The number of rotatable bonds is 6. The van der Waals surface area contributed by atoms with Crippen LogP contribution in [0, 0.1) is 11.2 Å². The molecular formula is C15H23ClFN. The molecule has 3 heteroatoms. The monoisotopic (exact) mass is 271 g/mol. The fourth-order valence-electron chi connectivity index (χ4n) is 1.97. The summed E-state index contributed by atoms with van der Waals surface area (Å²) in [4.78, 5) is 0. The Labute approximate surface area is 115 Å². The molecule has 102 valence electrons. The van der Waals surface area contributed by atoms with E-state index in [1.54, 1.807) is 12.1 Å². The zero-order valence-electron chi connectivity index (χ0n) is 11.7. The van der Waals surface area contributed by atoms with Gasteiger partial charge in [0.2, 0.25) is 0 Å². The lowest BCUT2D eigenvalue weighted by molar-refractivity contribution is 0.316. The van der Waals surface area contributed by atoms with Crippen molar-refractivity contribution in [2.75, 3.05) is 6.54 Å². The van der Waals surface area contributed by atoms with Crippen molar-refractivity contribution in [3.05, 3.63) is 34.6 Å². The molecule has 0 aliphatic heterocycles. The molecule has 0 unspecified atom stereocenters. The number of hydrogen-bond acceptors (Lipinski definition) is 1. The van der Waals surface area contributed by atoms with Crippen molar-refractivity contribution in [2.24, 2.45) is 5.41 Å². The minimum Gasteiger partial charge on any atom is -0.315 e. The van der Waals surface area contributed by atoms with Crippen molar-refractivity contribution in [1.82, 2.24) is 5.32 Å². The fourth-order valence-corrected chi connectivity index (χ4v) is 2.13. The largest absolute Gasteiger partial charge is 0.315 e. The minimum atomic E-state index is -0.201. The van der Waals surface area contributed by atoms with Gasteiger partial charge in [-0.15, -0.1) is 0 Å². The summed E-state index contributed by atoms with van der Waals surface area (Å²) in [5.74, 6) is -0.201. The van der Waals surface area contributed by atoms with E-state index in [-0.39, 0.29) is 11.2 Å². The van der Waals surface area contributed by atoms with E-state index in [2.05, 4.69) is 33.0 Å². The second-order valence-electron chi connectivity index (χ2n) is 5.94. The van der Waals surface area contributed by atoms with Crippen LogP contribution in [0.2, 0.25) is 5.02 Å². The van der Waals surface area contributed by atoms with Gasteiger partial charge >= 0.3 is 0 Å². The van der Waals surface area contributed by atoms with Gasteiger partial charge in [-0.3, -0.25) is 0 Å². The second kappa shape index (κ2) is 6.53. The number of hydrogen-bond donors (Lipinski definition) is 1. The molecule has 0 radical (unpaired) electrons. The summed E-state index contributed by atoms with van der Waals surface area (Å²) in [5, 5.41) is 3.85. The molecule has 0 amide bonds. The van der Waals surface area contributed by atoms with Gasteiger partial charge in [0.15, 0.2) is 0 Å². The van der Waals surface area contributed by atoms with Gasteiger partial charge in [0.05, 0.1) is 0 Å². The number of halogens is 2. The number of nitrogens with one attached hydrogen (secondary N) is 1. The topological polar surface area (TPSA) is 12.0 Å². The van der Waals surface area contributed by atoms with Crippen LogP contribution in [-0.4, -0.2) is 12.6 Å². The van der Waals surface area contributed by atoms with E-state index in [0.717, 1.165) is 24.9 Å². The summed E-state index contributed by atoms with van der Waals surface area (Å²) in [6.45, 7) is 9.56. The molecule has 0 atom stereocenters. The summed E-state index contributed by atoms with van der Waals surface area (Å²) < 4.78 is 13.7. The molecule has 0 bridgehead atoms. The lowest BCUT2D eigenvalue weighted by Gasteiger charge is -2.25. The van der Waals surface area contributed by atoms with E-state index in [4.69, 9.17) is 11.6 Å². The average Bonchev–Trinajstić information content (AvgIpc) is 2.21. The molecule has 0 fully saturated rings. The highest BCUT2D eigenvalue weighted by Gasteiger charge is 2.20. The predicted octanol–water partition coefficient (Wildman–Crippen LogP) is 4.44. The van der Waals surface area contributed by atoms with Crippen molar-refractivity contribution in [2.45, 2.75) is 46.6 Å². The van der Waals surface area contributed by atoms with Gasteiger partial charge < -0.3 is 5.32 Å². The molecule has 0 spiro atoms. The predicted molar refractivity (Wildman–Crippen MR) is 76.7 cm³/mol. The highest BCUT2D eigenvalue weighted by Crippen LogP contribution is 2.27. The summed E-state index contributed by atoms with van der Waals surface area (Å²) in [5.41, 5.74) is 0.824. The first-order chi connectivity index (χ1) is 8.30. The van der Waals surface area contributed by atoms with Crippen LogP contribution in [0.15, 0.2) is 18.2 Å². The van der Waals surface area contributed by atoms with Gasteiger partial charge in [0.25, 0.3) is 0 Å². The zero-order chi connectivity index (χ0) is 13.8. The maximum Gasteiger partial charge on any atom is 0.127 e. The number of benzene rings is 1. The highest BCUT2D eigenvalue weighted by molar-refractivity contribution is 6.30. The molecule has 0 heterocycles. The van der Waals surface area contributed by atoms with E-state index < -0.39 is 0 Å². The Morgan fingerprint density at radius 1 is 1.33 bits per heavy atom. The van der Waals surface area contributed by atoms with Crippen molar-refractivity contribution in [3.63, 3.8) is 0 Å². The fraction of sp³-hybridized carbons (Fsp3) is 0.600. The molecule has 0 saturated heterocycles. The Balaban J connectivity index is 2.58. The van der Waals surface area contributed by atoms with E-state index in [9.17, 15) is 4.39 Å². The third-order valence-corrected chi connectivity index (χ3v) is 3.27. The van der Waals surface area contributed by atoms with E-state index >= 15 is 0 Å². The zero-order valence-corrected chi connectivity index (χ0v) is 12.4. The lowest BCUT2D eigenvalue weighted by atomic mass is 9.82. The standard InChI is InChI=1S/C15H23ClFN/c1-11(2)18-8-7-15(3,4)10-12-5-6-13(16)9-14(12)17/h5-6,9,11,18H,7-8,10H2,1-4H3. The normalized spacial score (nSPS) is 12.2. The maximum absolute atomic E-state index is 13.7. The van der Waals surface area contributed by atoms with Gasteiger partial charge in [-0.25, -0.2) is 4.39 Å². The molecule has 18 heavy (non-hydrogen) atoms. The molecule has 1 aromatic carbocycles. The van der Waals surface area contributed by atoms with Crippen molar-refractivity contribution in [1.29, 1.82) is 0 Å². The molecule has 1 rings (SSSR count). The third kappa shape index (κ3) is 5.36. The molecule has 0 aromatic heterocycles. The molecule has 0 aliphatic carbocycles. The van der Waals surface area contributed by atoms with Crippen LogP contribution in [0.1, 0.15) is 39.7 Å². The molecule has 0 saturated carbocycles.